The highest BCUT2D eigenvalue weighted by atomic mass is 19.1. The van der Waals surface area contributed by atoms with Crippen LogP contribution in [0.2, 0.25) is 0 Å². The summed E-state index contributed by atoms with van der Waals surface area (Å²) in [6.45, 7) is 2.92. The van der Waals surface area contributed by atoms with Crippen molar-refractivity contribution in [1.29, 1.82) is 0 Å². The lowest BCUT2D eigenvalue weighted by Gasteiger charge is -2.14. The van der Waals surface area contributed by atoms with E-state index in [2.05, 4.69) is 5.32 Å². The maximum Gasteiger partial charge on any atom is 0.165 e. The largest absolute Gasteiger partial charge is 0.488 e. The Morgan fingerprint density at radius 1 is 1.40 bits per heavy atom. The summed E-state index contributed by atoms with van der Waals surface area (Å²) in [5, 5.41) is 3.07. The van der Waals surface area contributed by atoms with Crippen molar-refractivity contribution in [3.8, 4) is 5.75 Å². The van der Waals surface area contributed by atoms with Gasteiger partial charge in [0.05, 0.1) is 6.10 Å². The van der Waals surface area contributed by atoms with Crippen molar-refractivity contribution in [3.63, 3.8) is 0 Å². The zero-order chi connectivity index (χ0) is 11.1. The summed E-state index contributed by atoms with van der Waals surface area (Å²) in [4.78, 5) is 0. The van der Waals surface area contributed by atoms with Crippen LogP contribution in [0.1, 0.15) is 19.8 Å². The van der Waals surface area contributed by atoms with E-state index in [1.165, 1.54) is 6.07 Å². The third-order valence-corrected chi connectivity index (χ3v) is 2.20. The Bertz CT molecular complexity index is 291. The van der Waals surface area contributed by atoms with Gasteiger partial charge < -0.3 is 10.1 Å². The molecule has 3 heteroatoms. The molecule has 0 bridgehead atoms. The quantitative estimate of drug-likeness (QED) is 0.730. The normalized spacial score (nSPS) is 12.5. The average Bonchev–Trinajstić information content (AvgIpc) is 2.22. The van der Waals surface area contributed by atoms with Crippen LogP contribution in [0, 0.1) is 5.82 Å². The van der Waals surface area contributed by atoms with Crippen LogP contribution in [0.15, 0.2) is 24.3 Å². The van der Waals surface area contributed by atoms with Crippen molar-refractivity contribution in [1.82, 2.24) is 5.32 Å². The maximum atomic E-state index is 13.2. The van der Waals surface area contributed by atoms with E-state index in [1.807, 2.05) is 14.0 Å². The summed E-state index contributed by atoms with van der Waals surface area (Å²) in [5.74, 6) is 0.0485. The Morgan fingerprint density at radius 2 is 2.13 bits per heavy atom. The van der Waals surface area contributed by atoms with Gasteiger partial charge in [-0.05, 0) is 45.5 Å². The van der Waals surface area contributed by atoms with E-state index >= 15 is 0 Å². The molecule has 1 unspecified atom stereocenters. The van der Waals surface area contributed by atoms with E-state index in [-0.39, 0.29) is 11.9 Å². The molecule has 0 heterocycles. The first-order valence-corrected chi connectivity index (χ1v) is 5.30. The lowest BCUT2D eigenvalue weighted by atomic mass is 10.2. The standard InChI is InChI=1S/C12H18FNO/c1-10(6-5-9-14-2)15-12-8-4-3-7-11(12)13/h3-4,7-8,10,14H,5-6,9H2,1-2H3. The highest BCUT2D eigenvalue weighted by Gasteiger charge is 2.06. The molecule has 1 aromatic rings. The third kappa shape index (κ3) is 4.30. The Balaban J connectivity index is 2.37. The number of benzene rings is 1. The molecule has 0 amide bonds. The topological polar surface area (TPSA) is 21.3 Å². The highest BCUT2D eigenvalue weighted by Crippen LogP contribution is 2.18. The number of halogens is 1. The molecule has 0 aromatic heterocycles. The SMILES string of the molecule is CNCCCC(C)Oc1ccccc1F. The first-order chi connectivity index (χ1) is 7.24. The van der Waals surface area contributed by atoms with E-state index in [0.717, 1.165) is 19.4 Å². The number of rotatable bonds is 6. The van der Waals surface area contributed by atoms with Crippen molar-refractivity contribution in [2.75, 3.05) is 13.6 Å². The minimum Gasteiger partial charge on any atom is -0.488 e. The lowest BCUT2D eigenvalue weighted by molar-refractivity contribution is 0.199. The molecule has 0 saturated heterocycles. The summed E-state index contributed by atoms with van der Waals surface area (Å²) in [7, 11) is 1.92. The molecule has 1 aromatic carbocycles. The fourth-order valence-electron chi connectivity index (χ4n) is 1.38. The predicted octanol–water partition coefficient (Wildman–Crippen LogP) is 2.59. The smallest absolute Gasteiger partial charge is 0.165 e. The van der Waals surface area contributed by atoms with Crippen LogP contribution in [-0.4, -0.2) is 19.7 Å². The van der Waals surface area contributed by atoms with Gasteiger partial charge in [0, 0.05) is 0 Å². The monoisotopic (exact) mass is 211 g/mol. The maximum absolute atomic E-state index is 13.2. The van der Waals surface area contributed by atoms with Crippen molar-refractivity contribution >= 4 is 0 Å². The van der Waals surface area contributed by atoms with Gasteiger partial charge in [-0.25, -0.2) is 4.39 Å². The van der Waals surface area contributed by atoms with Crippen molar-refractivity contribution in [2.24, 2.45) is 0 Å². The zero-order valence-corrected chi connectivity index (χ0v) is 9.29. The number of hydrogen-bond acceptors (Lipinski definition) is 2. The molecule has 1 rings (SSSR count). The lowest BCUT2D eigenvalue weighted by Crippen LogP contribution is -2.16. The fraction of sp³-hybridized carbons (Fsp3) is 0.500. The second kappa shape index (κ2) is 6.40. The number of para-hydroxylation sites is 1. The van der Waals surface area contributed by atoms with Gasteiger partial charge in [0.15, 0.2) is 11.6 Å². The average molecular weight is 211 g/mol. The molecule has 2 nitrogen and oxygen atoms in total. The van der Waals surface area contributed by atoms with E-state index in [9.17, 15) is 4.39 Å². The van der Waals surface area contributed by atoms with Crippen LogP contribution in [0.25, 0.3) is 0 Å². The summed E-state index contributed by atoms with van der Waals surface area (Å²) in [5.41, 5.74) is 0. The van der Waals surface area contributed by atoms with Crippen LogP contribution in [0.5, 0.6) is 5.75 Å². The Kier molecular flexibility index (Phi) is 5.12. The van der Waals surface area contributed by atoms with Gasteiger partial charge in [-0.1, -0.05) is 12.1 Å². The van der Waals surface area contributed by atoms with Crippen LogP contribution in [0.4, 0.5) is 4.39 Å². The fourth-order valence-corrected chi connectivity index (χ4v) is 1.38. The van der Waals surface area contributed by atoms with Crippen molar-refractivity contribution < 1.29 is 9.13 Å². The minimum absolute atomic E-state index is 0.0512. The van der Waals surface area contributed by atoms with E-state index in [4.69, 9.17) is 4.74 Å². The summed E-state index contributed by atoms with van der Waals surface area (Å²) in [6, 6.07) is 6.51. The van der Waals surface area contributed by atoms with Crippen LogP contribution in [0.3, 0.4) is 0 Å². The van der Waals surface area contributed by atoms with Gasteiger partial charge in [-0.2, -0.15) is 0 Å². The molecular formula is C12H18FNO. The van der Waals surface area contributed by atoms with Gasteiger partial charge >= 0.3 is 0 Å². The molecule has 0 spiro atoms. The Labute approximate surface area is 90.4 Å². The Hall–Kier alpha value is -1.09. The summed E-state index contributed by atoms with van der Waals surface area (Å²) < 4.78 is 18.7. The zero-order valence-electron chi connectivity index (χ0n) is 9.29. The second-order valence-corrected chi connectivity index (χ2v) is 3.60. The number of hydrogen-bond donors (Lipinski definition) is 1. The van der Waals surface area contributed by atoms with Gasteiger partial charge in [0.2, 0.25) is 0 Å². The second-order valence-electron chi connectivity index (χ2n) is 3.60. The molecule has 0 radical (unpaired) electrons. The minimum atomic E-state index is -0.294. The van der Waals surface area contributed by atoms with Gasteiger partial charge in [0.25, 0.3) is 0 Å². The molecule has 15 heavy (non-hydrogen) atoms. The first kappa shape index (κ1) is 12.0. The van der Waals surface area contributed by atoms with Crippen molar-refractivity contribution in [3.05, 3.63) is 30.1 Å². The molecule has 0 aliphatic heterocycles. The van der Waals surface area contributed by atoms with E-state index in [1.54, 1.807) is 18.2 Å². The predicted molar refractivity (Wildman–Crippen MR) is 59.7 cm³/mol. The van der Waals surface area contributed by atoms with E-state index in [0.29, 0.717) is 5.75 Å². The highest BCUT2D eigenvalue weighted by molar-refractivity contribution is 5.23. The molecule has 0 fully saturated rings. The number of ether oxygens (including phenoxy) is 1. The first-order valence-electron chi connectivity index (χ1n) is 5.30. The molecule has 0 saturated carbocycles. The molecular weight excluding hydrogens is 193 g/mol. The van der Waals surface area contributed by atoms with Crippen molar-refractivity contribution in [2.45, 2.75) is 25.9 Å². The molecule has 0 aliphatic rings. The molecule has 1 N–H and O–H groups in total. The third-order valence-electron chi connectivity index (χ3n) is 2.20. The molecule has 1 atom stereocenters. The molecule has 0 aliphatic carbocycles. The number of nitrogens with one attached hydrogen (secondary N) is 1. The van der Waals surface area contributed by atoms with Gasteiger partial charge in [0.1, 0.15) is 0 Å². The van der Waals surface area contributed by atoms with Crippen LogP contribution in [-0.2, 0) is 0 Å². The van der Waals surface area contributed by atoms with Crippen LogP contribution < -0.4 is 10.1 Å². The molecule has 84 valence electrons. The Morgan fingerprint density at radius 3 is 2.80 bits per heavy atom. The van der Waals surface area contributed by atoms with E-state index < -0.39 is 0 Å². The summed E-state index contributed by atoms with van der Waals surface area (Å²) >= 11 is 0. The van der Waals surface area contributed by atoms with Gasteiger partial charge in [-0.3, -0.25) is 0 Å². The van der Waals surface area contributed by atoms with Gasteiger partial charge in [-0.15, -0.1) is 0 Å². The summed E-state index contributed by atoms with van der Waals surface area (Å²) in [6.07, 6.45) is 2.01. The van der Waals surface area contributed by atoms with Crippen LogP contribution >= 0.6 is 0 Å².